The van der Waals surface area contributed by atoms with Crippen molar-refractivity contribution >= 4 is 0 Å². The molecule has 0 spiro atoms. The van der Waals surface area contributed by atoms with Gasteiger partial charge >= 0.3 is 18.9 Å². The van der Waals surface area contributed by atoms with E-state index in [-0.39, 0.29) is 18.9 Å². The van der Waals surface area contributed by atoms with Gasteiger partial charge in [-0.15, -0.1) is 0 Å². The summed E-state index contributed by atoms with van der Waals surface area (Å²) in [4.78, 5) is 0. The fraction of sp³-hybridized carbons (Fsp3) is 0.778. The Morgan fingerprint density at radius 3 is 2.91 bits per heavy atom. The van der Waals surface area contributed by atoms with Gasteiger partial charge in [0.25, 0.3) is 0 Å². The van der Waals surface area contributed by atoms with Gasteiger partial charge < -0.3 is 10.8 Å². The van der Waals surface area contributed by atoms with Gasteiger partial charge in [-0.25, -0.2) is 0 Å². The minimum atomic E-state index is 0. The molecule has 1 saturated heterocycles. The Morgan fingerprint density at radius 1 is 1.55 bits per heavy atom. The van der Waals surface area contributed by atoms with Crippen LogP contribution in [0.3, 0.4) is 0 Å². The van der Waals surface area contributed by atoms with Gasteiger partial charge in [-0.05, 0) is 25.7 Å². The van der Waals surface area contributed by atoms with Crippen LogP contribution in [0.25, 0.3) is 0 Å². The first kappa shape index (κ1) is 11.3. The molecule has 0 N–H and O–H groups in total. The molecule has 0 aromatic rings. The van der Waals surface area contributed by atoms with Crippen molar-refractivity contribution in [3.8, 4) is 0 Å². The predicted octanol–water partition coefficient (Wildman–Crippen LogP) is -0.671. The van der Waals surface area contributed by atoms with Gasteiger partial charge in [0, 0.05) is 6.61 Å². The van der Waals surface area contributed by atoms with E-state index in [1.54, 1.807) is 0 Å². The summed E-state index contributed by atoms with van der Waals surface area (Å²) in [7, 11) is 0. The van der Waals surface area contributed by atoms with Crippen molar-refractivity contribution < 1.29 is 23.6 Å². The van der Waals surface area contributed by atoms with Crippen molar-refractivity contribution in [1.29, 1.82) is 0 Å². The van der Waals surface area contributed by atoms with Crippen molar-refractivity contribution in [2.45, 2.75) is 38.7 Å². The summed E-state index contributed by atoms with van der Waals surface area (Å²) in [6, 6.07) is 0. The van der Waals surface area contributed by atoms with Crippen molar-refractivity contribution in [2.75, 3.05) is 6.61 Å². The second-order valence-corrected chi connectivity index (χ2v) is 2.72. The van der Waals surface area contributed by atoms with Crippen LogP contribution < -0.4 is 18.9 Å². The molecule has 1 fully saturated rings. The van der Waals surface area contributed by atoms with Crippen molar-refractivity contribution in [1.82, 2.24) is 0 Å². The number of hydrogen-bond donors (Lipinski definition) is 0. The second kappa shape index (κ2) is 6.97. The molecule has 1 atom stereocenters. The zero-order chi connectivity index (χ0) is 7.23. The second-order valence-electron chi connectivity index (χ2n) is 2.72. The first-order chi connectivity index (χ1) is 4.93. The van der Waals surface area contributed by atoms with Gasteiger partial charge in [-0.2, -0.15) is 6.92 Å². The summed E-state index contributed by atoms with van der Waals surface area (Å²) in [6.45, 7) is 2.89. The van der Waals surface area contributed by atoms with Crippen LogP contribution in [-0.4, -0.2) is 12.7 Å². The van der Waals surface area contributed by atoms with E-state index < -0.39 is 0 Å². The van der Waals surface area contributed by atoms with Crippen molar-refractivity contribution in [2.24, 2.45) is 0 Å². The topological polar surface area (TPSA) is 9.23 Å². The molecular weight excluding hydrogens is 131 g/mol. The third-order valence-electron chi connectivity index (χ3n) is 1.86. The van der Waals surface area contributed by atoms with E-state index >= 15 is 0 Å². The van der Waals surface area contributed by atoms with Gasteiger partial charge in [0.15, 0.2) is 0 Å². The summed E-state index contributed by atoms with van der Waals surface area (Å²) in [5, 5.41) is 0. The van der Waals surface area contributed by atoms with Crippen molar-refractivity contribution in [3.63, 3.8) is 0 Å². The third-order valence-corrected chi connectivity index (χ3v) is 1.86. The van der Waals surface area contributed by atoms with Gasteiger partial charge in [0.05, 0.1) is 6.10 Å². The quantitative estimate of drug-likeness (QED) is 0.371. The fourth-order valence-electron chi connectivity index (χ4n) is 1.24. The third kappa shape index (κ3) is 4.69. The van der Waals surface area contributed by atoms with E-state index in [0.29, 0.717) is 6.10 Å². The number of ether oxygens (including phenoxy) is 1. The van der Waals surface area contributed by atoms with Gasteiger partial charge in [-0.1, -0.05) is 0 Å². The zero-order valence-corrected chi connectivity index (χ0v) is 7.60. The van der Waals surface area contributed by atoms with E-state index in [2.05, 4.69) is 12.2 Å². The molecule has 1 rings (SSSR count). The van der Waals surface area contributed by atoms with E-state index in [0.717, 1.165) is 13.0 Å². The van der Waals surface area contributed by atoms with Crippen LogP contribution in [0.5, 0.6) is 0 Å². The van der Waals surface area contributed by atoms with Crippen LogP contribution in [0.2, 0.25) is 0 Å². The maximum absolute atomic E-state index is 5.51. The molecule has 1 heterocycles. The van der Waals surface area contributed by atoms with Crippen LogP contribution in [-0.2, 0) is 4.74 Å². The Bertz CT molecular complexity index is 106. The van der Waals surface area contributed by atoms with E-state index in [1.165, 1.54) is 19.3 Å². The maximum Gasteiger partial charge on any atom is 1.00 e. The van der Waals surface area contributed by atoms with Crippen LogP contribution >= 0.6 is 0 Å². The standard InChI is InChI=1S/C9H15O.Li/c1-2-3-6-9-7-4-5-8-10-9;/h3,9H,4-8H2,1H3;/q-1;+1. The Labute approximate surface area is 81.4 Å². The van der Waals surface area contributed by atoms with Crippen molar-refractivity contribution in [3.05, 3.63) is 12.2 Å². The Hall–Kier alpha value is 0.297. The van der Waals surface area contributed by atoms with Gasteiger partial charge in [0.1, 0.15) is 0 Å². The molecule has 1 unspecified atom stereocenters. The average molecular weight is 146 g/mol. The molecule has 0 amide bonds. The molecule has 58 valence electrons. The SMILES string of the molecule is C[C-]=CCC1CCCCO1.[Li+]. The molecule has 0 radical (unpaired) electrons. The molecule has 0 aromatic carbocycles. The normalized spacial score (nSPS) is 25.0. The molecule has 1 aliphatic rings. The number of rotatable bonds is 2. The van der Waals surface area contributed by atoms with Crippen LogP contribution in [0.1, 0.15) is 32.6 Å². The number of allylic oxidation sites excluding steroid dienone is 1. The fourth-order valence-corrected chi connectivity index (χ4v) is 1.24. The Morgan fingerprint density at radius 2 is 2.36 bits per heavy atom. The van der Waals surface area contributed by atoms with E-state index in [1.807, 2.05) is 6.92 Å². The summed E-state index contributed by atoms with van der Waals surface area (Å²) in [5.74, 6) is 0. The molecule has 2 heteroatoms. The number of hydrogen-bond acceptors (Lipinski definition) is 1. The van der Waals surface area contributed by atoms with Gasteiger partial charge in [0.2, 0.25) is 0 Å². The zero-order valence-electron chi connectivity index (χ0n) is 7.60. The van der Waals surface area contributed by atoms with Gasteiger partial charge in [-0.3, -0.25) is 6.08 Å². The van der Waals surface area contributed by atoms with Crippen LogP contribution in [0.4, 0.5) is 0 Å². The molecule has 1 nitrogen and oxygen atoms in total. The molecule has 0 bridgehead atoms. The summed E-state index contributed by atoms with van der Waals surface area (Å²) in [5.41, 5.74) is 0. The van der Waals surface area contributed by atoms with Crippen LogP contribution in [0.15, 0.2) is 6.08 Å². The monoisotopic (exact) mass is 146 g/mol. The molecule has 1 aliphatic heterocycles. The molecule has 0 saturated carbocycles. The first-order valence-corrected chi connectivity index (χ1v) is 4.04. The molecule has 11 heavy (non-hydrogen) atoms. The van der Waals surface area contributed by atoms with Crippen LogP contribution in [0, 0.1) is 6.08 Å². The Kier molecular flexibility index (Phi) is 7.16. The minimum Gasteiger partial charge on any atom is -0.504 e. The molecule has 0 aliphatic carbocycles. The molecule has 0 aromatic heterocycles. The summed E-state index contributed by atoms with van der Waals surface area (Å²) < 4.78 is 5.51. The maximum atomic E-state index is 5.51. The Balaban J connectivity index is 0.000001000. The first-order valence-electron chi connectivity index (χ1n) is 4.04. The predicted molar refractivity (Wildman–Crippen MR) is 41.7 cm³/mol. The minimum absolute atomic E-state index is 0. The van der Waals surface area contributed by atoms with E-state index in [9.17, 15) is 0 Å². The summed E-state index contributed by atoms with van der Waals surface area (Å²) >= 11 is 0. The largest absolute Gasteiger partial charge is 1.00 e. The van der Waals surface area contributed by atoms with E-state index in [4.69, 9.17) is 4.74 Å². The molecular formula is C9H15LiO. The smallest absolute Gasteiger partial charge is 0.504 e. The average Bonchev–Trinajstić information content (AvgIpc) is 2.03. The summed E-state index contributed by atoms with van der Waals surface area (Å²) in [6.07, 6.45) is 10.4.